The first-order valence-corrected chi connectivity index (χ1v) is 8.73. The van der Waals surface area contributed by atoms with E-state index in [2.05, 4.69) is 10.3 Å². The predicted molar refractivity (Wildman–Crippen MR) is 100 cm³/mol. The zero-order valence-electron chi connectivity index (χ0n) is 15.3. The van der Waals surface area contributed by atoms with Gasteiger partial charge >= 0.3 is 11.9 Å². The van der Waals surface area contributed by atoms with Crippen LogP contribution in [0.5, 0.6) is 0 Å². The Kier molecular flexibility index (Phi) is 8.38. The van der Waals surface area contributed by atoms with Crippen LogP contribution in [-0.4, -0.2) is 46.3 Å². The average Bonchev–Trinajstić information content (AvgIpc) is 3.21. The fraction of sp³-hybridized carbons (Fsp3) is 0.250. The summed E-state index contributed by atoms with van der Waals surface area (Å²) in [7, 11) is 0. The Morgan fingerprint density at radius 3 is 2.45 bits per heavy atom. The molecule has 29 heavy (non-hydrogen) atoms. The third-order valence-electron chi connectivity index (χ3n) is 3.97. The fourth-order valence-electron chi connectivity index (χ4n) is 2.62. The highest BCUT2D eigenvalue weighted by molar-refractivity contribution is 5.89. The van der Waals surface area contributed by atoms with E-state index in [9.17, 15) is 18.4 Å². The number of nitrogens with zero attached hydrogens (tertiary/aromatic N) is 1. The van der Waals surface area contributed by atoms with Crippen LogP contribution in [0.3, 0.4) is 0 Å². The zero-order chi connectivity index (χ0) is 21.2. The zero-order valence-corrected chi connectivity index (χ0v) is 15.3. The van der Waals surface area contributed by atoms with Crippen molar-refractivity contribution >= 4 is 11.9 Å². The quantitative estimate of drug-likeness (QED) is 0.633. The number of pyridine rings is 1. The Labute approximate surface area is 165 Å². The number of nitrogens with one attached hydrogen (secondary N) is 1. The number of carboxylic acid groups (broad SMARTS) is 2. The normalized spacial score (nSPS) is 15.7. The lowest BCUT2D eigenvalue weighted by atomic mass is 10.0. The van der Waals surface area contributed by atoms with Crippen molar-refractivity contribution in [2.45, 2.75) is 19.1 Å². The standard InChI is InChI=1S/C16H16F2N2O.C4H4O4/c17-14-5-1-3-13(16(14)18)12-4-2-7-20-15(12)10-21-11-6-8-19-9-11;5-3(6)1-2-4(7)8/h1-5,7,11,19H,6,8-10H2;1-2H,(H,5,6)(H,7,8)/b;2-1+/t11-;/m0./s1. The van der Waals surface area contributed by atoms with E-state index in [0.717, 1.165) is 25.6 Å². The highest BCUT2D eigenvalue weighted by Gasteiger charge is 2.17. The van der Waals surface area contributed by atoms with Crippen molar-refractivity contribution in [1.29, 1.82) is 0 Å². The number of carbonyl (C=O) groups is 2. The highest BCUT2D eigenvalue weighted by Crippen LogP contribution is 2.27. The first-order valence-electron chi connectivity index (χ1n) is 8.73. The second kappa shape index (κ2) is 11.0. The van der Waals surface area contributed by atoms with E-state index in [-0.39, 0.29) is 11.7 Å². The first-order chi connectivity index (χ1) is 13.9. The van der Waals surface area contributed by atoms with Gasteiger partial charge in [-0.25, -0.2) is 18.4 Å². The third-order valence-corrected chi connectivity index (χ3v) is 3.97. The van der Waals surface area contributed by atoms with Gasteiger partial charge in [-0.1, -0.05) is 18.2 Å². The number of halogens is 2. The van der Waals surface area contributed by atoms with E-state index in [0.29, 0.717) is 30.0 Å². The predicted octanol–water partition coefficient (Wildman–Crippen LogP) is 2.62. The number of carboxylic acids is 2. The fourth-order valence-corrected chi connectivity index (χ4v) is 2.62. The Hall–Kier alpha value is -3.17. The minimum absolute atomic E-state index is 0.150. The molecule has 2 heterocycles. The summed E-state index contributed by atoms with van der Waals surface area (Å²) in [5.74, 6) is -4.22. The molecule has 0 bridgehead atoms. The summed E-state index contributed by atoms with van der Waals surface area (Å²) >= 11 is 0. The lowest BCUT2D eigenvalue weighted by molar-refractivity contribution is -0.134. The maximum atomic E-state index is 14.0. The second-order valence-corrected chi connectivity index (χ2v) is 6.03. The van der Waals surface area contributed by atoms with Crippen LogP contribution in [0.4, 0.5) is 8.78 Å². The van der Waals surface area contributed by atoms with Crippen molar-refractivity contribution < 1.29 is 33.3 Å². The van der Waals surface area contributed by atoms with E-state index in [1.807, 2.05) is 0 Å². The summed E-state index contributed by atoms with van der Waals surface area (Å²) in [6, 6.07) is 7.59. The summed E-state index contributed by atoms with van der Waals surface area (Å²) in [6.45, 7) is 2.05. The van der Waals surface area contributed by atoms with Crippen molar-refractivity contribution in [2.75, 3.05) is 13.1 Å². The molecule has 0 saturated carbocycles. The number of hydrogen-bond acceptors (Lipinski definition) is 5. The van der Waals surface area contributed by atoms with Gasteiger partial charge in [0.25, 0.3) is 0 Å². The number of aliphatic carboxylic acids is 2. The summed E-state index contributed by atoms with van der Waals surface area (Å²) in [5, 5.41) is 18.8. The van der Waals surface area contributed by atoms with E-state index in [1.54, 1.807) is 24.4 Å². The van der Waals surface area contributed by atoms with Gasteiger partial charge in [-0.2, -0.15) is 0 Å². The number of aromatic nitrogens is 1. The number of ether oxygens (including phenoxy) is 1. The minimum Gasteiger partial charge on any atom is -0.478 e. The van der Waals surface area contributed by atoms with Gasteiger partial charge in [-0.3, -0.25) is 4.98 Å². The molecule has 1 atom stereocenters. The maximum Gasteiger partial charge on any atom is 0.328 e. The molecule has 3 rings (SSSR count). The van der Waals surface area contributed by atoms with Gasteiger partial charge < -0.3 is 20.3 Å². The van der Waals surface area contributed by atoms with Crippen LogP contribution in [0, 0.1) is 11.6 Å². The van der Waals surface area contributed by atoms with Gasteiger partial charge in [0, 0.05) is 36.0 Å². The van der Waals surface area contributed by atoms with Crippen LogP contribution in [0.15, 0.2) is 48.7 Å². The monoisotopic (exact) mass is 406 g/mol. The number of rotatable bonds is 6. The molecular formula is C20H20F2N2O5. The Bertz CT molecular complexity index is 867. The molecule has 1 aromatic carbocycles. The van der Waals surface area contributed by atoms with Crippen LogP contribution in [0.1, 0.15) is 12.1 Å². The van der Waals surface area contributed by atoms with Crippen molar-refractivity contribution in [2.24, 2.45) is 0 Å². The van der Waals surface area contributed by atoms with Gasteiger partial charge in [-0.15, -0.1) is 0 Å². The van der Waals surface area contributed by atoms with Gasteiger partial charge in [0.05, 0.1) is 18.4 Å². The minimum atomic E-state index is -1.26. The molecule has 7 nitrogen and oxygen atoms in total. The summed E-state index contributed by atoms with van der Waals surface area (Å²) in [4.78, 5) is 23.4. The molecule has 1 fully saturated rings. The van der Waals surface area contributed by atoms with Crippen molar-refractivity contribution in [3.8, 4) is 11.1 Å². The molecule has 9 heteroatoms. The average molecular weight is 406 g/mol. The van der Waals surface area contributed by atoms with E-state index in [1.165, 1.54) is 6.07 Å². The van der Waals surface area contributed by atoms with Gasteiger partial charge in [0.1, 0.15) is 0 Å². The van der Waals surface area contributed by atoms with Crippen molar-refractivity contribution in [3.63, 3.8) is 0 Å². The molecule has 1 aliphatic heterocycles. The highest BCUT2D eigenvalue weighted by atomic mass is 19.2. The van der Waals surface area contributed by atoms with E-state index < -0.39 is 23.6 Å². The molecule has 3 N–H and O–H groups in total. The molecule has 1 aromatic heterocycles. The topological polar surface area (TPSA) is 109 Å². The molecule has 0 spiro atoms. The lowest BCUT2D eigenvalue weighted by Gasteiger charge is -2.13. The summed E-state index contributed by atoms with van der Waals surface area (Å²) < 4.78 is 33.1. The lowest BCUT2D eigenvalue weighted by Crippen LogP contribution is -2.17. The van der Waals surface area contributed by atoms with Crippen LogP contribution in [0.2, 0.25) is 0 Å². The van der Waals surface area contributed by atoms with Gasteiger partial charge in [-0.05, 0) is 25.1 Å². The molecule has 0 aliphatic carbocycles. The third kappa shape index (κ3) is 7.05. The molecule has 0 amide bonds. The number of benzene rings is 1. The Morgan fingerprint density at radius 1 is 1.14 bits per heavy atom. The molecule has 0 unspecified atom stereocenters. The summed E-state index contributed by atoms with van der Waals surface area (Å²) in [6.07, 6.45) is 3.85. The molecule has 2 aromatic rings. The molecule has 1 saturated heterocycles. The van der Waals surface area contributed by atoms with Crippen LogP contribution in [0.25, 0.3) is 11.1 Å². The summed E-state index contributed by atoms with van der Waals surface area (Å²) in [5.41, 5.74) is 1.40. The van der Waals surface area contributed by atoms with Crippen LogP contribution >= 0.6 is 0 Å². The SMILES string of the molecule is Fc1cccc(-c2cccnc2CO[C@H]2CCNC2)c1F.O=C(O)/C=C/C(=O)O. The Balaban J connectivity index is 0.000000321. The van der Waals surface area contributed by atoms with Gasteiger partial charge in [0.2, 0.25) is 0 Å². The second-order valence-electron chi connectivity index (χ2n) is 6.03. The molecule has 1 aliphatic rings. The molecular weight excluding hydrogens is 386 g/mol. The van der Waals surface area contributed by atoms with Crippen LogP contribution in [-0.2, 0) is 20.9 Å². The van der Waals surface area contributed by atoms with Gasteiger partial charge in [0.15, 0.2) is 11.6 Å². The van der Waals surface area contributed by atoms with Crippen molar-refractivity contribution in [3.05, 3.63) is 66.0 Å². The van der Waals surface area contributed by atoms with E-state index in [4.69, 9.17) is 14.9 Å². The van der Waals surface area contributed by atoms with Crippen LogP contribution < -0.4 is 5.32 Å². The van der Waals surface area contributed by atoms with Crippen molar-refractivity contribution in [1.82, 2.24) is 10.3 Å². The van der Waals surface area contributed by atoms with E-state index >= 15 is 0 Å². The number of hydrogen-bond donors (Lipinski definition) is 3. The first kappa shape index (κ1) is 22.1. The maximum absolute atomic E-state index is 14.0. The molecule has 0 radical (unpaired) electrons. The largest absolute Gasteiger partial charge is 0.478 e. The smallest absolute Gasteiger partial charge is 0.328 e. The Morgan fingerprint density at radius 2 is 1.83 bits per heavy atom. The molecule has 154 valence electrons.